The molecule has 0 unspecified atom stereocenters. The first-order valence-corrected chi connectivity index (χ1v) is 0. The maximum absolute atomic E-state index is 0. The Hall–Kier alpha value is 1.35. The molecule has 0 aromatic heterocycles. The van der Waals surface area contributed by atoms with E-state index < -0.39 is 0 Å². The SMILES string of the molecule is O.O.[Cd].[Co]. The normalized spacial score (nSPS) is 0. The smallest absolute Gasteiger partial charge is 0 e. The summed E-state index contributed by atoms with van der Waals surface area (Å²) in [6.07, 6.45) is 0. The fourth-order valence-corrected chi connectivity index (χ4v) is 0. The van der Waals surface area contributed by atoms with Crippen molar-refractivity contribution in [1.29, 1.82) is 0 Å². The second kappa shape index (κ2) is 26.8. The summed E-state index contributed by atoms with van der Waals surface area (Å²) in [4.78, 5) is 0. The molecule has 0 rings (SSSR count). The average Bonchev–Trinajstić information content (AvgIpc) is 0. The molecule has 0 atom stereocenters. The van der Waals surface area contributed by atoms with Crippen molar-refractivity contribution in [3.8, 4) is 0 Å². The second-order valence-electron chi connectivity index (χ2n) is 0. The predicted octanol–water partition coefficient (Wildman–Crippen LogP) is -1.65. The van der Waals surface area contributed by atoms with Gasteiger partial charge in [0.2, 0.25) is 0 Å². The summed E-state index contributed by atoms with van der Waals surface area (Å²) in [6.45, 7) is 0. The standard InChI is InChI=1S/Cd.Co.2H2O/h;;2*1H2. The van der Waals surface area contributed by atoms with E-state index >= 15 is 0 Å². The van der Waals surface area contributed by atoms with E-state index in [0.29, 0.717) is 0 Å². The molecule has 4 N–H and O–H groups in total. The molecule has 0 amide bonds. The van der Waals surface area contributed by atoms with Gasteiger partial charge in [-0.15, -0.1) is 0 Å². The van der Waals surface area contributed by atoms with Gasteiger partial charge in [-0.3, -0.25) is 0 Å². The molecule has 0 aliphatic heterocycles. The molecule has 4 heteroatoms. The molecule has 4 heavy (non-hydrogen) atoms. The van der Waals surface area contributed by atoms with Crippen LogP contribution in [-0.4, -0.2) is 11.0 Å². The fraction of sp³-hybridized carbons (Fsp3) is 0. The molecule has 1 radical (unpaired) electrons. The van der Waals surface area contributed by atoms with Gasteiger partial charge in [-0.05, 0) is 0 Å². The zero-order valence-corrected chi connectivity index (χ0v) is 7.12. The van der Waals surface area contributed by atoms with Crippen LogP contribution in [0.4, 0.5) is 0 Å². The molecular formula is H4CdCoO2. The Morgan fingerprint density at radius 3 is 0.750 bits per heavy atom. The van der Waals surface area contributed by atoms with Crippen LogP contribution in [0.1, 0.15) is 0 Å². The third-order valence-corrected chi connectivity index (χ3v) is 0. The van der Waals surface area contributed by atoms with Gasteiger partial charge in [-0.25, -0.2) is 0 Å². The van der Waals surface area contributed by atoms with Gasteiger partial charge in [-0.1, -0.05) is 0 Å². The predicted molar refractivity (Wildman–Crippen MR) is 7.23 cm³/mol. The number of hydrogen-bond donors (Lipinski definition) is 0. The molecule has 0 saturated heterocycles. The van der Waals surface area contributed by atoms with Crippen molar-refractivity contribution in [2.24, 2.45) is 0 Å². The van der Waals surface area contributed by atoms with E-state index in [1.54, 1.807) is 0 Å². The summed E-state index contributed by atoms with van der Waals surface area (Å²) in [5.41, 5.74) is 0. The van der Waals surface area contributed by atoms with Crippen LogP contribution in [0.15, 0.2) is 0 Å². The van der Waals surface area contributed by atoms with E-state index in [-0.39, 0.29) is 55.0 Å². The molecule has 0 bridgehead atoms. The third kappa shape index (κ3) is 10.2. The number of hydrogen-bond acceptors (Lipinski definition) is 0. The first-order valence-electron chi connectivity index (χ1n) is 0. The van der Waals surface area contributed by atoms with Gasteiger partial charge in [-0.2, -0.15) is 0 Å². The van der Waals surface area contributed by atoms with Crippen LogP contribution in [-0.2, 0) is 44.1 Å². The Kier molecular flexibility index (Phi) is 373. The Bertz CT molecular complexity index is 6.00. The van der Waals surface area contributed by atoms with Crippen molar-refractivity contribution >= 4 is 0 Å². The first-order chi connectivity index (χ1) is 0. The van der Waals surface area contributed by atoms with Crippen molar-refractivity contribution < 1.29 is 55.0 Å². The van der Waals surface area contributed by atoms with E-state index in [1.807, 2.05) is 0 Å². The zero-order chi connectivity index (χ0) is 0. The average molecular weight is 207 g/mol. The van der Waals surface area contributed by atoms with Gasteiger partial charge in [0.1, 0.15) is 0 Å². The Balaban J connectivity index is 0. The van der Waals surface area contributed by atoms with Crippen molar-refractivity contribution in [3.63, 3.8) is 0 Å². The monoisotopic (exact) mass is 209 g/mol. The van der Waals surface area contributed by atoms with Crippen LogP contribution >= 0.6 is 0 Å². The molecule has 0 saturated carbocycles. The Morgan fingerprint density at radius 1 is 0.750 bits per heavy atom. The van der Waals surface area contributed by atoms with Crippen molar-refractivity contribution in [1.82, 2.24) is 0 Å². The summed E-state index contributed by atoms with van der Waals surface area (Å²) in [7, 11) is 0. The topological polar surface area (TPSA) is 63.0 Å². The summed E-state index contributed by atoms with van der Waals surface area (Å²) < 4.78 is 0. The van der Waals surface area contributed by atoms with Gasteiger partial charge < -0.3 is 11.0 Å². The fourth-order valence-electron chi connectivity index (χ4n) is 0. The Morgan fingerprint density at radius 2 is 0.750 bits per heavy atom. The van der Waals surface area contributed by atoms with E-state index in [1.165, 1.54) is 0 Å². The maximum Gasteiger partial charge on any atom is 0 e. The van der Waals surface area contributed by atoms with Crippen LogP contribution in [0.5, 0.6) is 0 Å². The molecule has 0 heterocycles. The van der Waals surface area contributed by atoms with Crippen LogP contribution in [0, 0.1) is 0 Å². The van der Waals surface area contributed by atoms with Crippen LogP contribution in [0.25, 0.3) is 0 Å². The second-order valence-corrected chi connectivity index (χ2v) is 0. The minimum atomic E-state index is 0. The van der Waals surface area contributed by atoms with Gasteiger partial charge in [0.15, 0.2) is 0 Å². The summed E-state index contributed by atoms with van der Waals surface area (Å²) >= 11 is 0. The van der Waals surface area contributed by atoms with Crippen LogP contribution < -0.4 is 0 Å². The quantitative estimate of drug-likeness (QED) is 0.427. The number of rotatable bonds is 0. The van der Waals surface area contributed by atoms with Gasteiger partial charge in [0.05, 0.1) is 0 Å². The van der Waals surface area contributed by atoms with Crippen molar-refractivity contribution in [2.75, 3.05) is 0 Å². The molecule has 0 aliphatic rings. The maximum atomic E-state index is 0. The van der Waals surface area contributed by atoms with Crippen molar-refractivity contribution in [2.45, 2.75) is 0 Å². The minimum absolute atomic E-state index is 0. The molecule has 0 aliphatic carbocycles. The zero-order valence-electron chi connectivity index (χ0n) is 2.04. The van der Waals surface area contributed by atoms with E-state index in [9.17, 15) is 0 Å². The molecule has 0 aromatic carbocycles. The third-order valence-electron chi connectivity index (χ3n) is 0. The molecule has 2 nitrogen and oxygen atoms in total. The molecule has 0 spiro atoms. The van der Waals surface area contributed by atoms with Gasteiger partial charge in [0, 0.05) is 44.1 Å². The first kappa shape index (κ1) is 55.6. The summed E-state index contributed by atoms with van der Waals surface area (Å²) in [5, 5.41) is 0. The van der Waals surface area contributed by atoms with E-state index in [4.69, 9.17) is 0 Å². The summed E-state index contributed by atoms with van der Waals surface area (Å²) in [5.74, 6) is 0. The molecule has 27 valence electrons. The van der Waals surface area contributed by atoms with E-state index in [2.05, 4.69) is 0 Å². The van der Waals surface area contributed by atoms with Crippen molar-refractivity contribution in [3.05, 3.63) is 0 Å². The molecule has 0 fully saturated rings. The Labute approximate surface area is 54.9 Å². The van der Waals surface area contributed by atoms with Crippen LogP contribution in [0.3, 0.4) is 0 Å². The minimum Gasteiger partial charge on any atom is -0.412 e. The van der Waals surface area contributed by atoms with E-state index in [0.717, 1.165) is 0 Å². The van der Waals surface area contributed by atoms with Gasteiger partial charge in [0.25, 0.3) is 0 Å². The van der Waals surface area contributed by atoms with Gasteiger partial charge >= 0.3 is 0 Å². The molecular weight excluding hydrogens is 203 g/mol. The molecule has 0 aromatic rings. The van der Waals surface area contributed by atoms with Crippen LogP contribution in [0.2, 0.25) is 0 Å². The largest absolute Gasteiger partial charge is 0.412 e. The summed E-state index contributed by atoms with van der Waals surface area (Å²) in [6, 6.07) is 0.